The molecule has 3 heterocycles. The molecule has 7 nitrogen and oxygen atoms in total. The van der Waals surface area contributed by atoms with Crippen molar-refractivity contribution in [3.63, 3.8) is 0 Å². The van der Waals surface area contributed by atoms with Crippen LogP contribution in [0.3, 0.4) is 0 Å². The van der Waals surface area contributed by atoms with Crippen molar-refractivity contribution < 1.29 is 9.47 Å². The van der Waals surface area contributed by atoms with Gasteiger partial charge in [-0.3, -0.25) is 14.8 Å². The fraction of sp³-hybridized carbons (Fsp3) is 0.286. The van der Waals surface area contributed by atoms with Gasteiger partial charge in [0.1, 0.15) is 13.2 Å². The molecule has 0 amide bonds. The summed E-state index contributed by atoms with van der Waals surface area (Å²) >= 11 is 0. The molecule has 7 heteroatoms. The molecular formula is C21H22N4O3. The first-order chi connectivity index (χ1) is 13.7. The van der Waals surface area contributed by atoms with Crippen LogP contribution >= 0.6 is 0 Å². The number of nitrogens with one attached hydrogen (secondary N) is 1. The summed E-state index contributed by atoms with van der Waals surface area (Å²) in [6, 6.07) is 13.5. The first kappa shape index (κ1) is 16.9. The molecule has 0 atom stereocenters. The third kappa shape index (κ3) is 3.03. The molecular weight excluding hydrogens is 356 g/mol. The fourth-order valence-corrected chi connectivity index (χ4v) is 3.92. The maximum Gasteiger partial charge on any atom is 0.274 e. The van der Waals surface area contributed by atoms with Crippen LogP contribution in [0.25, 0.3) is 5.69 Å². The number of ether oxygens (including phenoxy) is 2. The Hall–Kier alpha value is -3.19. The lowest BCUT2D eigenvalue weighted by Crippen LogP contribution is -2.31. The Morgan fingerprint density at radius 3 is 2.79 bits per heavy atom. The lowest BCUT2D eigenvalue weighted by molar-refractivity contribution is 0.171. The van der Waals surface area contributed by atoms with Gasteiger partial charge in [-0.25, -0.2) is 4.68 Å². The van der Waals surface area contributed by atoms with Gasteiger partial charge in [0.25, 0.3) is 5.56 Å². The molecule has 0 bridgehead atoms. The van der Waals surface area contributed by atoms with Crippen LogP contribution in [0, 0.1) is 0 Å². The predicted octanol–water partition coefficient (Wildman–Crippen LogP) is 2.08. The van der Waals surface area contributed by atoms with Crippen LogP contribution in [-0.2, 0) is 19.5 Å². The zero-order valence-electron chi connectivity index (χ0n) is 15.5. The van der Waals surface area contributed by atoms with Gasteiger partial charge in [-0.05, 0) is 36.2 Å². The van der Waals surface area contributed by atoms with E-state index < -0.39 is 0 Å². The van der Waals surface area contributed by atoms with Crippen molar-refractivity contribution in [3.05, 3.63) is 69.6 Å². The van der Waals surface area contributed by atoms with Crippen LogP contribution in [0.15, 0.2) is 47.3 Å². The highest BCUT2D eigenvalue weighted by atomic mass is 16.6. The van der Waals surface area contributed by atoms with Crippen LogP contribution in [0.4, 0.5) is 5.69 Å². The SMILES string of the molecule is Nc1cccc(CN2CCc3c([nH]n(-c4ccc5c(c4)OCCO5)c3=O)C2)c1. The first-order valence-corrected chi connectivity index (χ1v) is 9.47. The van der Waals surface area contributed by atoms with Gasteiger partial charge in [0.15, 0.2) is 11.5 Å². The fourth-order valence-electron chi connectivity index (χ4n) is 3.92. The zero-order valence-corrected chi connectivity index (χ0v) is 15.5. The summed E-state index contributed by atoms with van der Waals surface area (Å²) in [6.07, 6.45) is 0.727. The van der Waals surface area contributed by atoms with Gasteiger partial charge in [0.2, 0.25) is 0 Å². The molecule has 2 aliphatic heterocycles. The smallest absolute Gasteiger partial charge is 0.274 e. The summed E-state index contributed by atoms with van der Waals surface area (Å²) in [5.41, 5.74) is 10.4. The maximum absolute atomic E-state index is 12.9. The van der Waals surface area contributed by atoms with E-state index in [0.29, 0.717) is 31.3 Å². The molecule has 144 valence electrons. The second kappa shape index (κ2) is 6.76. The number of hydrogen-bond donors (Lipinski definition) is 2. The van der Waals surface area contributed by atoms with E-state index in [0.717, 1.165) is 42.1 Å². The van der Waals surface area contributed by atoms with E-state index in [-0.39, 0.29) is 5.56 Å². The molecule has 0 saturated heterocycles. The Labute approximate surface area is 162 Å². The second-order valence-corrected chi connectivity index (χ2v) is 7.24. The van der Waals surface area contributed by atoms with Crippen LogP contribution < -0.4 is 20.8 Å². The van der Waals surface area contributed by atoms with E-state index in [1.54, 1.807) is 4.68 Å². The minimum absolute atomic E-state index is 0.00952. The van der Waals surface area contributed by atoms with Crippen LogP contribution in [0.1, 0.15) is 16.8 Å². The number of nitrogens with two attached hydrogens (primary N) is 1. The number of rotatable bonds is 3. The molecule has 2 aromatic carbocycles. The zero-order chi connectivity index (χ0) is 19.1. The van der Waals surface area contributed by atoms with Crippen molar-refractivity contribution in [1.82, 2.24) is 14.7 Å². The van der Waals surface area contributed by atoms with Crippen molar-refractivity contribution in [3.8, 4) is 17.2 Å². The topological polar surface area (TPSA) is 85.5 Å². The number of anilines is 1. The number of aromatic amines is 1. The number of aromatic nitrogens is 2. The van der Waals surface area contributed by atoms with Crippen molar-refractivity contribution in [2.24, 2.45) is 0 Å². The van der Waals surface area contributed by atoms with Crippen molar-refractivity contribution in [1.29, 1.82) is 0 Å². The number of nitrogen functional groups attached to an aromatic ring is 1. The first-order valence-electron chi connectivity index (χ1n) is 9.47. The third-order valence-electron chi connectivity index (χ3n) is 5.27. The molecule has 3 aromatic rings. The number of hydrogen-bond acceptors (Lipinski definition) is 5. The minimum Gasteiger partial charge on any atom is -0.486 e. The summed E-state index contributed by atoms with van der Waals surface area (Å²) in [4.78, 5) is 15.2. The quantitative estimate of drug-likeness (QED) is 0.682. The summed E-state index contributed by atoms with van der Waals surface area (Å²) < 4.78 is 12.8. The molecule has 3 N–H and O–H groups in total. The Morgan fingerprint density at radius 2 is 1.93 bits per heavy atom. The van der Waals surface area contributed by atoms with E-state index >= 15 is 0 Å². The summed E-state index contributed by atoms with van der Waals surface area (Å²) in [7, 11) is 0. The lowest BCUT2D eigenvalue weighted by Gasteiger charge is -2.26. The largest absolute Gasteiger partial charge is 0.486 e. The van der Waals surface area contributed by atoms with E-state index in [4.69, 9.17) is 15.2 Å². The van der Waals surface area contributed by atoms with E-state index in [1.165, 1.54) is 5.56 Å². The Kier molecular flexibility index (Phi) is 4.09. The van der Waals surface area contributed by atoms with Crippen molar-refractivity contribution in [2.45, 2.75) is 19.5 Å². The molecule has 5 rings (SSSR count). The molecule has 0 radical (unpaired) electrons. The minimum atomic E-state index is 0.00952. The molecule has 2 aliphatic rings. The summed E-state index contributed by atoms with van der Waals surface area (Å²) in [6.45, 7) is 3.42. The number of fused-ring (bicyclic) bond motifs is 2. The highest BCUT2D eigenvalue weighted by molar-refractivity contribution is 5.49. The second-order valence-electron chi connectivity index (χ2n) is 7.24. The number of nitrogens with zero attached hydrogens (tertiary/aromatic N) is 2. The van der Waals surface area contributed by atoms with E-state index in [2.05, 4.69) is 16.1 Å². The average molecular weight is 378 g/mol. The highest BCUT2D eigenvalue weighted by Crippen LogP contribution is 2.31. The molecule has 0 unspecified atom stereocenters. The van der Waals surface area contributed by atoms with E-state index in [9.17, 15) is 4.79 Å². The molecule has 0 fully saturated rings. The lowest BCUT2D eigenvalue weighted by atomic mass is 10.1. The van der Waals surface area contributed by atoms with Crippen LogP contribution in [0.5, 0.6) is 11.5 Å². The van der Waals surface area contributed by atoms with Crippen LogP contribution in [0.2, 0.25) is 0 Å². The normalized spacial score (nSPS) is 16.0. The molecule has 0 aliphatic carbocycles. The van der Waals surface area contributed by atoms with Gasteiger partial charge in [0, 0.05) is 37.0 Å². The molecule has 0 saturated carbocycles. The van der Waals surface area contributed by atoms with Gasteiger partial charge < -0.3 is 15.2 Å². The summed E-state index contributed by atoms with van der Waals surface area (Å²) in [5.74, 6) is 1.39. The van der Waals surface area contributed by atoms with Crippen molar-refractivity contribution >= 4 is 5.69 Å². The van der Waals surface area contributed by atoms with Crippen LogP contribution in [-0.4, -0.2) is 34.4 Å². The number of H-pyrrole nitrogens is 1. The highest BCUT2D eigenvalue weighted by Gasteiger charge is 2.23. The Bertz CT molecular complexity index is 1090. The van der Waals surface area contributed by atoms with Gasteiger partial charge in [-0.15, -0.1) is 0 Å². The van der Waals surface area contributed by atoms with Gasteiger partial charge in [-0.1, -0.05) is 12.1 Å². The number of benzene rings is 2. The van der Waals surface area contributed by atoms with Gasteiger partial charge in [0.05, 0.1) is 11.4 Å². The van der Waals surface area contributed by atoms with Gasteiger partial charge >= 0.3 is 0 Å². The van der Waals surface area contributed by atoms with E-state index in [1.807, 2.05) is 36.4 Å². The molecule has 1 aromatic heterocycles. The standard InChI is InChI=1S/C21H22N4O3/c22-15-3-1-2-14(10-15)12-24-7-6-17-18(13-24)23-25(21(17)26)16-4-5-19-20(11-16)28-9-8-27-19/h1-5,10-11,23H,6-9,12-13,22H2. The Morgan fingerprint density at radius 1 is 1.07 bits per heavy atom. The molecule has 28 heavy (non-hydrogen) atoms. The summed E-state index contributed by atoms with van der Waals surface area (Å²) in [5, 5.41) is 3.29. The maximum atomic E-state index is 12.9. The molecule has 0 spiro atoms. The monoisotopic (exact) mass is 378 g/mol. The predicted molar refractivity (Wildman–Crippen MR) is 106 cm³/mol. The Balaban J connectivity index is 1.41. The van der Waals surface area contributed by atoms with Gasteiger partial charge in [-0.2, -0.15) is 0 Å². The van der Waals surface area contributed by atoms with Crippen molar-refractivity contribution in [2.75, 3.05) is 25.5 Å². The third-order valence-corrected chi connectivity index (χ3v) is 5.27. The average Bonchev–Trinajstić information content (AvgIpc) is 3.03.